The third-order valence-electron chi connectivity index (χ3n) is 6.12. The largest absolute Gasteiger partial charge is 0.334 e. The van der Waals surface area contributed by atoms with E-state index >= 15 is 0 Å². The van der Waals surface area contributed by atoms with Crippen molar-refractivity contribution in [3.05, 3.63) is 47.5 Å². The second-order valence-corrected chi connectivity index (χ2v) is 8.27. The predicted molar refractivity (Wildman–Crippen MR) is 108 cm³/mol. The van der Waals surface area contributed by atoms with E-state index in [1.165, 1.54) is 24.8 Å². The number of aromatic nitrogens is 2. The van der Waals surface area contributed by atoms with Crippen molar-refractivity contribution in [1.29, 1.82) is 0 Å². The molecule has 1 atom stereocenters. The van der Waals surface area contributed by atoms with E-state index in [9.17, 15) is 4.79 Å². The van der Waals surface area contributed by atoms with Gasteiger partial charge in [-0.2, -0.15) is 0 Å². The minimum absolute atomic E-state index is 0.00347. The first-order valence-electron chi connectivity index (χ1n) is 10.2. The lowest BCUT2D eigenvalue weighted by Gasteiger charge is -2.33. The number of carbonyl (C=O) groups is 1. The zero-order chi connectivity index (χ0) is 18.8. The smallest absolute Gasteiger partial charge is 0.321 e. The second kappa shape index (κ2) is 7.75. The van der Waals surface area contributed by atoms with Crippen molar-refractivity contribution < 1.29 is 4.79 Å². The highest BCUT2D eigenvalue weighted by molar-refractivity contribution is 5.90. The number of aryl methyl sites for hydroxylation is 2. The highest BCUT2D eigenvalue weighted by Gasteiger charge is 2.28. The fourth-order valence-corrected chi connectivity index (χ4v) is 4.31. The third-order valence-corrected chi connectivity index (χ3v) is 6.12. The fourth-order valence-electron chi connectivity index (χ4n) is 4.31. The molecule has 1 aromatic carbocycles. The van der Waals surface area contributed by atoms with Gasteiger partial charge in [-0.05, 0) is 57.1 Å². The number of hydrogen-bond acceptors (Lipinski definition) is 2. The molecule has 0 radical (unpaired) electrons. The first kappa shape index (κ1) is 18.1. The lowest BCUT2D eigenvalue weighted by atomic mass is 9.85. The molecule has 4 rings (SSSR count). The van der Waals surface area contributed by atoms with Gasteiger partial charge < -0.3 is 14.8 Å². The highest BCUT2D eigenvalue weighted by Crippen LogP contribution is 2.31. The van der Waals surface area contributed by atoms with Crippen LogP contribution in [0, 0.1) is 19.8 Å². The molecule has 5 nitrogen and oxygen atoms in total. The number of rotatable bonds is 4. The molecule has 1 saturated carbocycles. The van der Waals surface area contributed by atoms with E-state index in [-0.39, 0.29) is 6.03 Å². The minimum atomic E-state index is 0.00347. The molecule has 144 valence electrons. The van der Waals surface area contributed by atoms with Crippen LogP contribution in [0.3, 0.4) is 0 Å². The van der Waals surface area contributed by atoms with Crippen LogP contribution >= 0.6 is 0 Å². The Balaban J connectivity index is 1.42. The zero-order valence-corrected chi connectivity index (χ0v) is 16.4. The van der Waals surface area contributed by atoms with E-state index in [0.717, 1.165) is 55.5 Å². The topological polar surface area (TPSA) is 50.2 Å². The van der Waals surface area contributed by atoms with E-state index < -0.39 is 0 Å². The standard InChI is InChI=1S/C22H30N4O/c1-16-8-9-20(17(2)13-16)24-22(27)26-11-4-7-19(15-26)21-23-10-12-25(21)14-18-5-3-6-18/h8-10,12-13,18-19H,3-7,11,14-15H2,1-2H3,(H,24,27). The molecule has 1 aliphatic heterocycles. The van der Waals surface area contributed by atoms with Crippen LogP contribution in [0.5, 0.6) is 0 Å². The second-order valence-electron chi connectivity index (χ2n) is 8.27. The summed E-state index contributed by atoms with van der Waals surface area (Å²) in [7, 11) is 0. The molecular weight excluding hydrogens is 336 g/mol. The van der Waals surface area contributed by atoms with Crippen LogP contribution in [0.15, 0.2) is 30.6 Å². The molecule has 1 saturated heterocycles. The summed E-state index contributed by atoms with van der Waals surface area (Å²) in [5.74, 6) is 2.30. The van der Waals surface area contributed by atoms with E-state index in [1.54, 1.807) is 0 Å². The van der Waals surface area contributed by atoms with Crippen LogP contribution in [0.25, 0.3) is 0 Å². The maximum Gasteiger partial charge on any atom is 0.321 e. The van der Waals surface area contributed by atoms with Gasteiger partial charge in [-0.15, -0.1) is 0 Å². The lowest BCUT2D eigenvalue weighted by Crippen LogP contribution is -2.42. The van der Waals surface area contributed by atoms with E-state index in [1.807, 2.05) is 30.2 Å². The molecule has 1 aliphatic carbocycles. The summed E-state index contributed by atoms with van der Waals surface area (Å²) in [6, 6.07) is 6.14. The van der Waals surface area contributed by atoms with Crippen LogP contribution in [0.4, 0.5) is 10.5 Å². The van der Waals surface area contributed by atoms with Crippen LogP contribution in [0.2, 0.25) is 0 Å². The molecule has 5 heteroatoms. The Bertz CT molecular complexity index is 808. The molecule has 0 bridgehead atoms. The van der Waals surface area contributed by atoms with Crippen molar-refractivity contribution in [2.24, 2.45) is 5.92 Å². The molecule has 1 unspecified atom stereocenters. The first-order valence-corrected chi connectivity index (χ1v) is 10.2. The third kappa shape index (κ3) is 4.02. The van der Waals surface area contributed by atoms with Gasteiger partial charge in [0.15, 0.2) is 0 Å². The number of urea groups is 1. The van der Waals surface area contributed by atoms with Crippen molar-refractivity contribution in [3.63, 3.8) is 0 Å². The van der Waals surface area contributed by atoms with Gasteiger partial charge in [0, 0.05) is 43.6 Å². The maximum atomic E-state index is 12.8. The summed E-state index contributed by atoms with van der Waals surface area (Å²) in [6.07, 6.45) is 10.2. The molecule has 2 heterocycles. The summed E-state index contributed by atoms with van der Waals surface area (Å²) in [5, 5.41) is 3.10. The number of anilines is 1. The molecule has 2 amide bonds. The maximum absolute atomic E-state index is 12.8. The Kier molecular flexibility index (Phi) is 5.19. The number of imidazole rings is 1. The number of benzene rings is 1. The molecular formula is C22H30N4O. The van der Waals surface area contributed by atoms with Crippen molar-refractivity contribution in [2.45, 2.75) is 58.4 Å². The van der Waals surface area contributed by atoms with Gasteiger partial charge in [-0.3, -0.25) is 0 Å². The molecule has 2 aliphatic rings. The number of piperidine rings is 1. The number of hydrogen-bond donors (Lipinski definition) is 1. The van der Waals surface area contributed by atoms with E-state index in [0.29, 0.717) is 5.92 Å². The summed E-state index contributed by atoms with van der Waals surface area (Å²) in [5.41, 5.74) is 3.22. The normalized spacial score (nSPS) is 20.4. The van der Waals surface area contributed by atoms with Gasteiger partial charge in [0.25, 0.3) is 0 Å². The summed E-state index contributed by atoms with van der Waals surface area (Å²) in [4.78, 5) is 19.4. The quantitative estimate of drug-likeness (QED) is 0.852. The van der Waals surface area contributed by atoms with Gasteiger partial charge in [0.1, 0.15) is 5.82 Å². The Hall–Kier alpha value is -2.30. The van der Waals surface area contributed by atoms with Gasteiger partial charge >= 0.3 is 6.03 Å². The van der Waals surface area contributed by atoms with Crippen LogP contribution in [0.1, 0.15) is 55.0 Å². The van der Waals surface area contributed by atoms with Crippen molar-refractivity contribution in [3.8, 4) is 0 Å². The van der Waals surface area contributed by atoms with E-state index in [2.05, 4.69) is 34.1 Å². The Morgan fingerprint density at radius 3 is 2.81 bits per heavy atom. The van der Waals surface area contributed by atoms with Gasteiger partial charge in [0.2, 0.25) is 0 Å². The Labute approximate surface area is 161 Å². The van der Waals surface area contributed by atoms with E-state index in [4.69, 9.17) is 0 Å². The number of carbonyl (C=O) groups excluding carboxylic acids is 1. The predicted octanol–water partition coefficient (Wildman–Crippen LogP) is 4.71. The Morgan fingerprint density at radius 2 is 2.07 bits per heavy atom. The fraction of sp³-hybridized carbons (Fsp3) is 0.545. The van der Waals surface area contributed by atoms with Crippen molar-refractivity contribution >= 4 is 11.7 Å². The molecule has 1 N–H and O–H groups in total. The SMILES string of the molecule is Cc1ccc(NC(=O)N2CCCC(c3nccn3CC3CCC3)C2)c(C)c1. The molecule has 2 fully saturated rings. The van der Waals surface area contributed by atoms with Gasteiger partial charge in [-0.1, -0.05) is 24.1 Å². The summed E-state index contributed by atoms with van der Waals surface area (Å²) < 4.78 is 2.33. The van der Waals surface area contributed by atoms with Crippen molar-refractivity contribution in [2.75, 3.05) is 18.4 Å². The first-order chi connectivity index (χ1) is 13.1. The average molecular weight is 367 g/mol. The lowest BCUT2D eigenvalue weighted by molar-refractivity contribution is 0.189. The monoisotopic (exact) mass is 366 g/mol. The van der Waals surface area contributed by atoms with Crippen LogP contribution in [-0.2, 0) is 6.54 Å². The minimum Gasteiger partial charge on any atom is -0.334 e. The Morgan fingerprint density at radius 1 is 1.22 bits per heavy atom. The average Bonchev–Trinajstić information content (AvgIpc) is 3.09. The number of amides is 2. The van der Waals surface area contributed by atoms with Crippen LogP contribution < -0.4 is 5.32 Å². The number of nitrogens with zero attached hydrogens (tertiary/aromatic N) is 3. The summed E-state index contributed by atoms with van der Waals surface area (Å²) in [6.45, 7) is 6.76. The van der Waals surface area contributed by atoms with Gasteiger partial charge in [-0.25, -0.2) is 9.78 Å². The zero-order valence-electron chi connectivity index (χ0n) is 16.4. The van der Waals surface area contributed by atoms with Crippen molar-refractivity contribution in [1.82, 2.24) is 14.5 Å². The summed E-state index contributed by atoms with van der Waals surface area (Å²) >= 11 is 0. The molecule has 2 aromatic rings. The number of likely N-dealkylation sites (tertiary alicyclic amines) is 1. The van der Waals surface area contributed by atoms with Crippen LogP contribution in [-0.4, -0.2) is 33.6 Å². The number of nitrogens with one attached hydrogen (secondary N) is 1. The molecule has 1 aromatic heterocycles. The van der Waals surface area contributed by atoms with Gasteiger partial charge in [0.05, 0.1) is 0 Å². The molecule has 0 spiro atoms. The highest BCUT2D eigenvalue weighted by atomic mass is 16.2. The molecule has 27 heavy (non-hydrogen) atoms.